The first-order valence-corrected chi connectivity index (χ1v) is 8.10. The molecular formula is C18H22N2O3. The van der Waals surface area contributed by atoms with E-state index in [1.54, 1.807) is 7.11 Å². The molecule has 0 saturated heterocycles. The Morgan fingerprint density at radius 1 is 1.39 bits per heavy atom. The third-order valence-electron chi connectivity index (χ3n) is 4.00. The van der Waals surface area contributed by atoms with E-state index in [4.69, 9.17) is 9.26 Å². The highest BCUT2D eigenvalue weighted by molar-refractivity contribution is 5.81. The fourth-order valence-electron chi connectivity index (χ4n) is 2.62. The fourth-order valence-corrected chi connectivity index (χ4v) is 2.62. The molecule has 23 heavy (non-hydrogen) atoms. The van der Waals surface area contributed by atoms with Crippen molar-refractivity contribution in [3.63, 3.8) is 0 Å². The molecule has 1 amide bonds. The normalized spacial score (nSPS) is 13.8. The summed E-state index contributed by atoms with van der Waals surface area (Å²) in [7, 11) is 1.64. The topological polar surface area (TPSA) is 55.6 Å². The van der Waals surface area contributed by atoms with Gasteiger partial charge in [-0.3, -0.25) is 4.79 Å². The maximum Gasteiger partial charge on any atom is 0.226 e. The lowest BCUT2D eigenvalue weighted by molar-refractivity contribution is -0.133. The number of aromatic nitrogens is 1. The smallest absolute Gasteiger partial charge is 0.226 e. The summed E-state index contributed by atoms with van der Waals surface area (Å²) in [5, 5.41) is 4.12. The summed E-state index contributed by atoms with van der Waals surface area (Å²) in [4.78, 5) is 14.2. The van der Waals surface area contributed by atoms with Crippen LogP contribution in [0, 0.1) is 5.92 Å². The van der Waals surface area contributed by atoms with E-state index in [2.05, 4.69) is 12.1 Å². The van der Waals surface area contributed by atoms with Gasteiger partial charge in [-0.15, -0.1) is 0 Å². The van der Waals surface area contributed by atoms with Crippen LogP contribution in [0.3, 0.4) is 0 Å². The Morgan fingerprint density at radius 3 is 2.91 bits per heavy atom. The quantitative estimate of drug-likeness (QED) is 0.785. The molecule has 1 aliphatic carbocycles. The monoisotopic (exact) mass is 314 g/mol. The molecular weight excluding hydrogens is 292 g/mol. The van der Waals surface area contributed by atoms with Crippen LogP contribution in [-0.4, -0.2) is 29.6 Å². The minimum absolute atomic E-state index is 0.228. The lowest BCUT2D eigenvalue weighted by Crippen LogP contribution is -2.32. The van der Waals surface area contributed by atoms with Crippen molar-refractivity contribution in [1.29, 1.82) is 0 Å². The van der Waals surface area contributed by atoms with Crippen LogP contribution in [0.4, 0.5) is 0 Å². The minimum Gasteiger partial charge on any atom is -0.497 e. The Kier molecular flexibility index (Phi) is 4.65. The number of nitrogens with zero attached hydrogens (tertiary/aromatic N) is 2. The van der Waals surface area contributed by atoms with Gasteiger partial charge in [0.15, 0.2) is 5.76 Å². The second-order valence-corrected chi connectivity index (χ2v) is 5.95. The van der Waals surface area contributed by atoms with Gasteiger partial charge in [0, 0.05) is 24.1 Å². The second kappa shape index (κ2) is 6.86. The van der Waals surface area contributed by atoms with Crippen molar-refractivity contribution < 1.29 is 14.1 Å². The Labute approximate surface area is 136 Å². The molecule has 5 heteroatoms. The molecule has 0 bridgehead atoms. The van der Waals surface area contributed by atoms with Crippen LogP contribution < -0.4 is 4.74 Å². The summed E-state index contributed by atoms with van der Waals surface area (Å²) in [6.07, 6.45) is 2.99. The van der Waals surface area contributed by atoms with Gasteiger partial charge in [-0.25, -0.2) is 0 Å². The predicted octanol–water partition coefficient (Wildman–Crippen LogP) is 3.50. The van der Waals surface area contributed by atoms with Crippen LogP contribution in [0.25, 0.3) is 11.3 Å². The highest BCUT2D eigenvalue weighted by atomic mass is 16.5. The average Bonchev–Trinajstić information content (AvgIpc) is 3.33. The van der Waals surface area contributed by atoms with E-state index >= 15 is 0 Å². The van der Waals surface area contributed by atoms with Crippen LogP contribution in [0.5, 0.6) is 5.75 Å². The molecule has 0 spiro atoms. The van der Waals surface area contributed by atoms with E-state index < -0.39 is 0 Å². The van der Waals surface area contributed by atoms with Crippen LogP contribution in [0.1, 0.15) is 31.9 Å². The molecule has 122 valence electrons. The van der Waals surface area contributed by atoms with Gasteiger partial charge in [-0.1, -0.05) is 24.2 Å². The first-order valence-electron chi connectivity index (χ1n) is 8.10. The molecule has 1 fully saturated rings. The maximum atomic E-state index is 12.3. The first-order chi connectivity index (χ1) is 11.2. The number of carbonyl (C=O) groups is 1. The third kappa shape index (κ3) is 3.73. The summed E-state index contributed by atoms with van der Waals surface area (Å²) in [6.45, 7) is 3.35. The summed E-state index contributed by atoms with van der Waals surface area (Å²) in [5.74, 6) is 1.94. The van der Waals surface area contributed by atoms with Crippen molar-refractivity contribution in [2.45, 2.75) is 32.7 Å². The highest BCUT2D eigenvalue weighted by Crippen LogP contribution is 2.32. The lowest BCUT2D eigenvalue weighted by Gasteiger charge is -2.20. The number of hydrogen-bond donors (Lipinski definition) is 0. The molecule has 1 aromatic heterocycles. The van der Waals surface area contributed by atoms with E-state index in [0.717, 1.165) is 42.8 Å². The van der Waals surface area contributed by atoms with Gasteiger partial charge in [0.1, 0.15) is 11.4 Å². The zero-order valence-electron chi connectivity index (χ0n) is 13.6. The molecule has 2 aromatic rings. The van der Waals surface area contributed by atoms with Crippen LogP contribution in [0.15, 0.2) is 34.9 Å². The average molecular weight is 314 g/mol. The SMILES string of the molecule is CCCN(Cc1cc(-c2cccc(OC)c2)on1)C(=O)C1CC1. The maximum absolute atomic E-state index is 12.3. The van der Waals surface area contributed by atoms with Crippen molar-refractivity contribution in [2.75, 3.05) is 13.7 Å². The number of hydrogen-bond acceptors (Lipinski definition) is 4. The summed E-state index contributed by atoms with van der Waals surface area (Å²) in [6, 6.07) is 9.56. The lowest BCUT2D eigenvalue weighted by atomic mass is 10.1. The number of carbonyl (C=O) groups excluding carboxylic acids is 1. The molecule has 1 aliphatic rings. The van der Waals surface area contributed by atoms with Crippen molar-refractivity contribution in [1.82, 2.24) is 10.1 Å². The van der Waals surface area contributed by atoms with Crippen LogP contribution in [-0.2, 0) is 11.3 Å². The number of ether oxygens (including phenoxy) is 1. The van der Waals surface area contributed by atoms with E-state index in [1.165, 1.54) is 0 Å². The summed E-state index contributed by atoms with van der Waals surface area (Å²) < 4.78 is 10.7. The van der Waals surface area contributed by atoms with Crippen molar-refractivity contribution in [3.8, 4) is 17.1 Å². The zero-order chi connectivity index (χ0) is 16.2. The van der Waals surface area contributed by atoms with Crippen molar-refractivity contribution in [3.05, 3.63) is 36.0 Å². The standard InChI is InChI=1S/C18H22N2O3/c1-3-9-20(18(21)13-7-8-13)12-15-11-17(23-19-15)14-5-4-6-16(10-14)22-2/h4-6,10-11,13H,3,7-9,12H2,1-2H3. The predicted molar refractivity (Wildman–Crippen MR) is 86.9 cm³/mol. The Balaban J connectivity index is 1.73. The highest BCUT2D eigenvalue weighted by Gasteiger charge is 2.33. The van der Waals surface area contributed by atoms with E-state index in [-0.39, 0.29) is 11.8 Å². The molecule has 3 rings (SSSR count). The van der Waals surface area contributed by atoms with E-state index in [0.29, 0.717) is 12.3 Å². The Morgan fingerprint density at radius 2 is 2.22 bits per heavy atom. The van der Waals surface area contributed by atoms with Crippen molar-refractivity contribution in [2.24, 2.45) is 5.92 Å². The number of methoxy groups -OCH3 is 1. The van der Waals surface area contributed by atoms with E-state index in [9.17, 15) is 4.79 Å². The molecule has 5 nitrogen and oxygen atoms in total. The van der Waals surface area contributed by atoms with Gasteiger partial charge in [-0.2, -0.15) is 0 Å². The van der Waals surface area contributed by atoms with Gasteiger partial charge in [0.05, 0.1) is 13.7 Å². The molecule has 0 aliphatic heterocycles. The molecule has 0 radical (unpaired) electrons. The van der Waals surface area contributed by atoms with Gasteiger partial charge >= 0.3 is 0 Å². The Hall–Kier alpha value is -2.30. The van der Waals surface area contributed by atoms with Crippen LogP contribution in [0.2, 0.25) is 0 Å². The summed E-state index contributed by atoms with van der Waals surface area (Å²) >= 11 is 0. The molecule has 0 unspecified atom stereocenters. The van der Waals surface area contributed by atoms with Gasteiger partial charge in [0.2, 0.25) is 5.91 Å². The van der Waals surface area contributed by atoms with Gasteiger partial charge in [-0.05, 0) is 31.4 Å². The second-order valence-electron chi connectivity index (χ2n) is 5.95. The van der Waals surface area contributed by atoms with Gasteiger partial charge < -0.3 is 14.2 Å². The fraction of sp³-hybridized carbons (Fsp3) is 0.444. The Bertz CT molecular complexity index is 676. The number of amides is 1. The zero-order valence-corrected chi connectivity index (χ0v) is 13.6. The minimum atomic E-state index is 0.228. The van der Waals surface area contributed by atoms with E-state index in [1.807, 2.05) is 35.2 Å². The third-order valence-corrected chi connectivity index (χ3v) is 4.00. The van der Waals surface area contributed by atoms with Gasteiger partial charge in [0.25, 0.3) is 0 Å². The molecule has 0 N–H and O–H groups in total. The largest absolute Gasteiger partial charge is 0.497 e. The molecule has 1 saturated carbocycles. The molecule has 1 aromatic carbocycles. The first kappa shape index (κ1) is 15.6. The molecule has 1 heterocycles. The number of benzene rings is 1. The van der Waals surface area contributed by atoms with Crippen LogP contribution >= 0.6 is 0 Å². The van der Waals surface area contributed by atoms with Crippen molar-refractivity contribution >= 4 is 5.91 Å². The summed E-state index contributed by atoms with van der Waals surface area (Å²) in [5.41, 5.74) is 1.70. The molecule has 0 atom stereocenters. The number of rotatable bonds is 7.